The minimum absolute atomic E-state index is 0.0472. The van der Waals surface area contributed by atoms with Crippen LogP contribution in [-0.4, -0.2) is 34.0 Å². The molecule has 1 aliphatic heterocycles. The number of carbonyl (C=O) groups is 1. The molecule has 1 amide bonds. The number of aliphatic hydroxyl groups is 1. The molecule has 0 aliphatic carbocycles. The van der Waals surface area contributed by atoms with E-state index < -0.39 is 0 Å². The van der Waals surface area contributed by atoms with Crippen LogP contribution in [0, 0.1) is 0 Å². The van der Waals surface area contributed by atoms with Gasteiger partial charge in [-0.15, -0.1) is 11.3 Å². The van der Waals surface area contributed by atoms with E-state index in [1.807, 2.05) is 10.3 Å². The number of amides is 1. The van der Waals surface area contributed by atoms with E-state index in [4.69, 9.17) is 5.11 Å². The predicted octanol–water partition coefficient (Wildman–Crippen LogP) is 1.58. The van der Waals surface area contributed by atoms with Gasteiger partial charge in [0.1, 0.15) is 5.01 Å². The molecule has 2 rings (SSSR count). The van der Waals surface area contributed by atoms with Crippen molar-refractivity contribution in [2.24, 2.45) is 0 Å². The van der Waals surface area contributed by atoms with Crippen LogP contribution in [0.4, 0.5) is 0 Å². The van der Waals surface area contributed by atoms with E-state index >= 15 is 0 Å². The fraction of sp³-hybridized carbons (Fsp3) is 0.667. The third-order valence-electron chi connectivity index (χ3n) is 3.02. The summed E-state index contributed by atoms with van der Waals surface area (Å²) in [5.74, 6) is 0.172. The normalized spacial score (nSPS) is 16.9. The van der Waals surface area contributed by atoms with Crippen molar-refractivity contribution in [3.05, 3.63) is 16.1 Å². The van der Waals surface area contributed by atoms with Gasteiger partial charge in [-0.05, 0) is 12.8 Å². The van der Waals surface area contributed by atoms with Crippen molar-refractivity contribution in [3.63, 3.8) is 0 Å². The lowest BCUT2D eigenvalue weighted by Crippen LogP contribution is -2.33. The van der Waals surface area contributed by atoms with Crippen molar-refractivity contribution < 1.29 is 9.90 Å². The molecular formula is C12H18N2O2S. The van der Waals surface area contributed by atoms with E-state index in [0.717, 1.165) is 30.9 Å². The number of hydrogen-bond donors (Lipinski definition) is 1. The Morgan fingerprint density at radius 3 is 2.65 bits per heavy atom. The molecule has 1 aromatic heterocycles. The van der Waals surface area contributed by atoms with E-state index in [1.165, 1.54) is 24.2 Å². The first-order valence-corrected chi connectivity index (χ1v) is 6.99. The maximum Gasteiger partial charge on any atom is 0.229 e. The van der Waals surface area contributed by atoms with E-state index in [-0.39, 0.29) is 12.5 Å². The molecular weight excluding hydrogens is 236 g/mol. The predicted molar refractivity (Wildman–Crippen MR) is 66.8 cm³/mol. The molecule has 2 heterocycles. The number of aromatic nitrogens is 1. The van der Waals surface area contributed by atoms with Gasteiger partial charge in [-0.1, -0.05) is 12.8 Å². The van der Waals surface area contributed by atoms with Gasteiger partial charge < -0.3 is 10.0 Å². The van der Waals surface area contributed by atoms with E-state index in [1.54, 1.807) is 0 Å². The summed E-state index contributed by atoms with van der Waals surface area (Å²) in [6.07, 6.45) is 5.08. The van der Waals surface area contributed by atoms with Gasteiger partial charge in [0.25, 0.3) is 0 Å². The summed E-state index contributed by atoms with van der Waals surface area (Å²) in [7, 11) is 0. The number of likely N-dealkylation sites (tertiary alicyclic amines) is 1. The Morgan fingerprint density at radius 1 is 1.35 bits per heavy atom. The molecule has 1 N–H and O–H groups in total. The molecule has 5 heteroatoms. The fourth-order valence-corrected chi connectivity index (χ4v) is 2.84. The SMILES string of the molecule is O=C(Cc1nc(CO)cs1)N1CCCCCC1. The highest BCUT2D eigenvalue weighted by Gasteiger charge is 2.17. The third-order valence-corrected chi connectivity index (χ3v) is 3.92. The summed E-state index contributed by atoms with van der Waals surface area (Å²) in [6, 6.07) is 0. The number of hydrogen-bond acceptors (Lipinski definition) is 4. The first-order valence-electron chi connectivity index (χ1n) is 6.11. The average molecular weight is 254 g/mol. The average Bonchev–Trinajstić information content (AvgIpc) is 2.62. The fourth-order valence-electron chi connectivity index (χ4n) is 2.06. The highest BCUT2D eigenvalue weighted by molar-refractivity contribution is 7.09. The van der Waals surface area contributed by atoms with Crippen molar-refractivity contribution in [1.29, 1.82) is 0 Å². The summed E-state index contributed by atoms with van der Waals surface area (Å²) in [5, 5.41) is 11.5. The van der Waals surface area contributed by atoms with Gasteiger partial charge in [0, 0.05) is 18.5 Å². The summed E-state index contributed by atoms with van der Waals surface area (Å²) in [4.78, 5) is 18.2. The molecule has 0 unspecified atom stereocenters. The number of nitrogens with zero attached hydrogens (tertiary/aromatic N) is 2. The Kier molecular flexibility index (Phi) is 4.50. The lowest BCUT2D eigenvalue weighted by Gasteiger charge is -2.19. The van der Waals surface area contributed by atoms with Crippen molar-refractivity contribution in [2.75, 3.05) is 13.1 Å². The third kappa shape index (κ3) is 3.51. The molecule has 0 aromatic carbocycles. The molecule has 0 bridgehead atoms. The van der Waals surface area contributed by atoms with Gasteiger partial charge in [0.05, 0.1) is 18.7 Å². The van der Waals surface area contributed by atoms with Gasteiger partial charge in [-0.3, -0.25) is 4.79 Å². The van der Waals surface area contributed by atoms with Crippen molar-refractivity contribution in [2.45, 2.75) is 38.7 Å². The highest BCUT2D eigenvalue weighted by Crippen LogP contribution is 2.14. The second-order valence-corrected chi connectivity index (χ2v) is 5.31. The van der Waals surface area contributed by atoms with Crippen LogP contribution in [0.25, 0.3) is 0 Å². The lowest BCUT2D eigenvalue weighted by molar-refractivity contribution is -0.130. The van der Waals surface area contributed by atoms with Crippen LogP contribution in [-0.2, 0) is 17.8 Å². The molecule has 1 aromatic rings. The van der Waals surface area contributed by atoms with Crippen LogP contribution in [0.3, 0.4) is 0 Å². The van der Waals surface area contributed by atoms with Gasteiger partial charge in [-0.2, -0.15) is 0 Å². The highest BCUT2D eigenvalue weighted by atomic mass is 32.1. The van der Waals surface area contributed by atoms with Gasteiger partial charge in [-0.25, -0.2) is 4.98 Å². The lowest BCUT2D eigenvalue weighted by atomic mass is 10.2. The van der Waals surface area contributed by atoms with Gasteiger partial charge in [0.2, 0.25) is 5.91 Å². The van der Waals surface area contributed by atoms with E-state index in [2.05, 4.69) is 4.98 Å². The molecule has 1 saturated heterocycles. The van der Waals surface area contributed by atoms with Gasteiger partial charge >= 0.3 is 0 Å². The van der Waals surface area contributed by atoms with Crippen LogP contribution in [0.15, 0.2) is 5.38 Å². The Bertz CT molecular complexity index is 370. The van der Waals surface area contributed by atoms with Crippen LogP contribution in [0.5, 0.6) is 0 Å². The summed E-state index contributed by atoms with van der Waals surface area (Å²) >= 11 is 1.45. The molecule has 1 aliphatic rings. The monoisotopic (exact) mass is 254 g/mol. The van der Waals surface area contributed by atoms with Crippen molar-refractivity contribution in [1.82, 2.24) is 9.88 Å². The zero-order chi connectivity index (χ0) is 12.1. The number of aliphatic hydroxyl groups excluding tert-OH is 1. The van der Waals surface area contributed by atoms with E-state index in [9.17, 15) is 4.79 Å². The second-order valence-electron chi connectivity index (χ2n) is 4.36. The van der Waals surface area contributed by atoms with E-state index in [0.29, 0.717) is 12.1 Å². The Labute approximate surface area is 105 Å². The molecule has 94 valence electrons. The van der Waals surface area contributed by atoms with Crippen molar-refractivity contribution >= 4 is 17.2 Å². The molecule has 17 heavy (non-hydrogen) atoms. The minimum atomic E-state index is -0.0472. The standard InChI is InChI=1S/C12H18N2O2S/c15-8-10-9-17-11(13-10)7-12(16)14-5-3-1-2-4-6-14/h9,15H,1-8H2. The molecule has 0 saturated carbocycles. The maximum atomic E-state index is 12.0. The topological polar surface area (TPSA) is 53.4 Å². The second kappa shape index (κ2) is 6.12. The number of thiazole rings is 1. The Morgan fingerprint density at radius 2 is 2.06 bits per heavy atom. The quantitative estimate of drug-likeness (QED) is 0.891. The van der Waals surface area contributed by atoms with Gasteiger partial charge in [0.15, 0.2) is 0 Å². The van der Waals surface area contributed by atoms with Crippen molar-refractivity contribution in [3.8, 4) is 0 Å². The molecule has 4 nitrogen and oxygen atoms in total. The maximum absolute atomic E-state index is 12.0. The Balaban J connectivity index is 1.90. The Hall–Kier alpha value is -0.940. The van der Waals surface area contributed by atoms with Crippen LogP contribution < -0.4 is 0 Å². The first-order chi connectivity index (χ1) is 8.29. The van der Waals surface area contributed by atoms with Crippen LogP contribution >= 0.6 is 11.3 Å². The number of rotatable bonds is 3. The molecule has 0 spiro atoms. The zero-order valence-corrected chi connectivity index (χ0v) is 10.7. The summed E-state index contributed by atoms with van der Waals surface area (Å²) in [5.41, 5.74) is 0.661. The summed E-state index contributed by atoms with van der Waals surface area (Å²) in [6.45, 7) is 1.72. The zero-order valence-electron chi connectivity index (χ0n) is 9.89. The smallest absolute Gasteiger partial charge is 0.229 e. The van der Waals surface area contributed by atoms with Crippen LogP contribution in [0.1, 0.15) is 36.4 Å². The first kappa shape index (κ1) is 12.5. The van der Waals surface area contributed by atoms with Crippen LogP contribution in [0.2, 0.25) is 0 Å². The largest absolute Gasteiger partial charge is 0.390 e. The molecule has 0 radical (unpaired) electrons. The summed E-state index contributed by atoms with van der Waals surface area (Å²) < 4.78 is 0. The number of carbonyl (C=O) groups excluding carboxylic acids is 1. The minimum Gasteiger partial charge on any atom is -0.390 e. The molecule has 0 atom stereocenters. The molecule has 1 fully saturated rings.